The minimum atomic E-state index is 0.130. The van der Waals surface area contributed by atoms with Crippen LogP contribution in [0.3, 0.4) is 0 Å². The highest BCUT2D eigenvalue weighted by Crippen LogP contribution is 2.33. The Morgan fingerprint density at radius 3 is 2.94 bits per heavy atom. The molecule has 3 unspecified atom stereocenters. The molecule has 1 aliphatic heterocycles. The number of carbonyl (C=O) groups is 1. The van der Waals surface area contributed by atoms with Gasteiger partial charge in [0, 0.05) is 18.9 Å². The van der Waals surface area contributed by atoms with E-state index in [4.69, 9.17) is 6.42 Å². The predicted octanol–water partition coefficient (Wildman–Crippen LogP) is 2.28. The summed E-state index contributed by atoms with van der Waals surface area (Å²) in [6.45, 7) is 0. The second-order valence-corrected chi connectivity index (χ2v) is 5.13. The van der Waals surface area contributed by atoms with E-state index in [-0.39, 0.29) is 6.04 Å². The highest BCUT2D eigenvalue weighted by molar-refractivity contribution is 5.84. The Balaban J connectivity index is 1.78. The lowest BCUT2D eigenvalue weighted by molar-refractivity contribution is -0.120. The molecule has 0 spiro atoms. The molecule has 2 nitrogen and oxygen atoms in total. The molecule has 2 heteroatoms. The first kappa shape index (κ1) is 11.7. The van der Waals surface area contributed by atoms with E-state index in [0.717, 1.165) is 25.2 Å². The Morgan fingerprint density at radius 1 is 1.38 bits per heavy atom. The fraction of sp³-hybridized carbons (Fsp3) is 0.786. The summed E-state index contributed by atoms with van der Waals surface area (Å²) in [5.41, 5.74) is 0. The van der Waals surface area contributed by atoms with Gasteiger partial charge in [0.05, 0.1) is 6.04 Å². The first-order valence-electron chi connectivity index (χ1n) is 6.53. The van der Waals surface area contributed by atoms with E-state index in [1.54, 1.807) is 0 Å². The van der Waals surface area contributed by atoms with Crippen molar-refractivity contribution < 1.29 is 4.79 Å². The zero-order chi connectivity index (χ0) is 11.4. The third kappa shape index (κ3) is 2.65. The van der Waals surface area contributed by atoms with E-state index >= 15 is 0 Å². The van der Waals surface area contributed by atoms with Gasteiger partial charge < -0.3 is 5.32 Å². The quantitative estimate of drug-likeness (QED) is 0.580. The van der Waals surface area contributed by atoms with Crippen LogP contribution in [-0.2, 0) is 4.79 Å². The minimum Gasteiger partial charge on any atom is -0.304 e. The average molecular weight is 219 g/mol. The average Bonchev–Trinajstić information content (AvgIpc) is 2.73. The van der Waals surface area contributed by atoms with Crippen molar-refractivity contribution in [2.45, 2.75) is 63.5 Å². The fourth-order valence-electron chi connectivity index (χ4n) is 3.10. The van der Waals surface area contributed by atoms with Crippen molar-refractivity contribution in [3.05, 3.63) is 0 Å². The van der Waals surface area contributed by atoms with Gasteiger partial charge in [-0.15, -0.1) is 12.3 Å². The van der Waals surface area contributed by atoms with E-state index in [0.29, 0.717) is 18.2 Å². The number of Topliss-reactive ketones (excluding diaryl/α,β-unsaturated/α-hetero) is 1. The van der Waals surface area contributed by atoms with Crippen LogP contribution in [0.1, 0.15) is 51.4 Å². The van der Waals surface area contributed by atoms with E-state index in [1.807, 2.05) is 0 Å². The Morgan fingerprint density at radius 2 is 2.19 bits per heavy atom. The number of ketones is 1. The monoisotopic (exact) mass is 219 g/mol. The lowest BCUT2D eigenvalue weighted by Crippen LogP contribution is -2.37. The Hall–Kier alpha value is -0.810. The van der Waals surface area contributed by atoms with Crippen LogP contribution < -0.4 is 5.32 Å². The zero-order valence-corrected chi connectivity index (χ0v) is 9.87. The molecule has 0 aromatic heterocycles. The lowest BCUT2D eigenvalue weighted by Gasteiger charge is -2.24. The van der Waals surface area contributed by atoms with Gasteiger partial charge in [-0.05, 0) is 31.6 Å². The zero-order valence-electron chi connectivity index (χ0n) is 9.87. The maximum absolute atomic E-state index is 11.9. The Bertz CT molecular complexity index is 278. The minimum absolute atomic E-state index is 0.130. The number of unbranched alkanes of at least 4 members (excludes halogenated alkanes) is 1. The number of hydrogen-bond acceptors (Lipinski definition) is 2. The number of terminal acetylenes is 1. The van der Waals surface area contributed by atoms with Crippen molar-refractivity contribution in [2.75, 3.05) is 0 Å². The van der Waals surface area contributed by atoms with E-state index in [9.17, 15) is 4.79 Å². The van der Waals surface area contributed by atoms with Gasteiger partial charge in [-0.3, -0.25) is 4.79 Å². The number of carbonyl (C=O) groups excluding carboxylic acids is 1. The molecule has 0 aromatic rings. The summed E-state index contributed by atoms with van der Waals surface area (Å²) in [6.07, 6.45) is 13.7. The lowest BCUT2D eigenvalue weighted by atomic mass is 9.84. The Kier molecular flexibility index (Phi) is 4.01. The molecule has 0 bridgehead atoms. The third-order valence-electron chi connectivity index (χ3n) is 4.00. The summed E-state index contributed by atoms with van der Waals surface area (Å²) in [7, 11) is 0. The molecule has 0 aromatic carbocycles. The summed E-state index contributed by atoms with van der Waals surface area (Å²) in [4.78, 5) is 11.9. The largest absolute Gasteiger partial charge is 0.304 e. The van der Waals surface area contributed by atoms with Gasteiger partial charge in [-0.25, -0.2) is 0 Å². The van der Waals surface area contributed by atoms with Crippen LogP contribution in [0.5, 0.6) is 0 Å². The highest BCUT2D eigenvalue weighted by Gasteiger charge is 2.37. The molecule has 1 saturated carbocycles. The van der Waals surface area contributed by atoms with E-state index < -0.39 is 0 Å². The van der Waals surface area contributed by atoms with Gasteiger partial charge in [0.25, 0.3) is 0 Å². The summed E-state index contributed by atoms with van der Waals surface area (Å²) in [5, 5.41) is 3.52. The molecule has 1 aliphatic carbocycles. The van der Waals surface area contributed by atoms with Gasteiger partial charge in [0.2, 0.25) is 0 Å². The van der Waals surface area contributed by atoms with Crippen LogP contribution in [-0.4, -0.2) is 17.9 Å². The first-order valence-corrected chi connectivity index (χ1v) is 6.53. The molecule has 3 atom stereocenters. The molecule has 2 rings (SSSR count). The molecule has 16 heavy (non-hydrogen) atoms. The first-order chi connectivity index (χ1) is 7.81. The topological polar surface area (TPSA) is 29.1 Å². The summed E-state index contributed by atoms with van der Waals surface area (Å²) in [6, 6.07) is 0.751. The van der Waals surface area contributed by atoms with Crippen molar-refractivity contribution in [3.8, 4) is 12.3 Å². The van der Waals surface area contributed by atoms with Gasteiger partial charge in [0.1, 0.15) is 5.78 Å². The second kappa shape index (κ2) is 5.50. The number of rotatable bonds is 4. The van der Waals surface area contributed by atoms with Crippen LogP contribution in [0.15, 0.2) is 0 Å². The van der Waals surface area contributed by atoms with E-state index in [2.05, 4.69) is 11.2 Å². The van der Waals surface area contributed by atoms with Crippen molar-refractivity contribution in [3.63, 3.8) is 0 Å². The second-order valence-electron chi connectivity index (χ2n) is 5.13. The van der Waals surface area contributed by atoms with Crippen molar-refractivity contribution in [1.29, 1.82) is 0 Å². The van der Waals surface area contributed by atoms with Gasteiger partial charge in [0.15, 0.2) is 0 Å². The highest BCUT2D eigenvalue weighted by atomic mass is 16.1. The van der Waals surface area contributed by atoms with Gasteiger partial charge >= 0.3 is 0 Å². The molecule has 1 saturated heterocycles. The van der Waals surface area contributed by atoms with Crippen LogP contribution >= 0.6 is 0 Å². The molecule has 1 heterocycles. The Labute approximate surface area is 98.2 Å². The fourth-order valence-corrected chi connectivity index (χ4v) is 3.10. The molecule has 2 fully saturated rings. The molecule has 2 aliphatic rings. The van der Waals surface area contributed by atoms with Crippen LogP contribution in [0.4, 0.5) is 0 Å². The third-order valence-corrected chi connectivity index (χ3v) is 4.00. The van der Waals surface area contributed by atoms with Crippen molar-refractivity contribution in [1.82, 2.24) is 5.32 Å². The predicted molar refractivity (Wildman–Crippen MR) is 65.0 cm³/mol. The van der Waals surface area contributed by atoms with Crippen LogP contribution in [0.2, 0.25) is 0 Å². The number of nitrogens with one attached hydrogen (secondary N) is 1. The smallest absolute Gasteiger partial charge is 0.149 e. The number of hydrogen-bond donors (Lipinski definition) is 1. The molecule has 0 radical (unpaired) electrons. The number of fused-ring (bicyclic) bond motifs is 1. The maximum atomic E-state index is 11.9. The maximum Gasteiger partial charge on any atom is 0.149 e. The van der Waals surface area contributed by atoms with Crippen molar-refractivity contribution >= 4 is 5.78 Å². The summed E-state index contributed by atoms with van der Waals surface area (Å²) < 4.78 is 0. The van der Waals surface area contributed by atoms with Gasteiger partial charge in [-0.2, -0.15) is 0 Å². The molecule has 0 amide bonds. The molecule has 88 valence electrons. The molecular formula is C14H21NO. The van der Waals surface area contributed by atoms with Crippen LogP contribution in [0.25, 0.3) is 0 Å². The SMILES string of the molecule is C#CCCCC(=O)C1CC2CCCCC2N1. The normalized spacial score (nSPS) is 33.1. The summed E-state index contributed by atoms with van der Waals surface area (Å²) in [5.74, 6) is 3.73. The standard InChI is InChI=1S/C14H21NO/c1-2-3-4-9-14(16)13-10-11-7-5-6-8-12(11)15-13/h1,11-13,15H,3-10H2. The van der Waals surface area contributed by atoms with Gasteiger partial charge in [-0.1, -0.05) is 12.8 Å². The molecule has 1 N–H and O–H groups in total. The van der Waals surface area contributed by atoms with Crippen molar-refractivity contribution in [2.24, 2.45) is 5.92 Å². The summed E-state index contributed by atoms with van der Waals surface area (Å²) >= 11 is 0. The molecular weight excluding hydrogens is 198 g/mol. The van der Waals surface area contributed by atoms with E-state index in [1.165, 1.54) is 25.7 Å². The van der Waals surface area contributed by atoms with Crippen LogP contribution in [0, 0.1) is 18.3 Å².